The van der Waals surface area contributed by atoms with Gasteiger partial charge in [-0.05, 0) is 12.8 Å². The van der Waals surface area contributed by atoms with Crippen molar-refractivity contribution in [2.24, 2.45) is 0 Å². The smallest absolute Gasteiger partial charge is 0.306 e. The third kappa shape index (κ3) is 47.6. The minimum absolute atomic E-state index is 0.0558. The summed E-state index contributed by atoms with van der Waals surface area (Å²) >= 11 is 0. The molecule has 0 aromatic heterocycles. The van der Waals surface area contributed by atoms with Gasteiger partial charge in [0.1, 0.15) is 6.61 Å². The summed E-state index contributed by atoms with van der Waals surface area (Å²) in [6, 6.07) is 0. The van der Waals surface area contributed by atoms with Crippen molar-refractivity contribution in [1.29, 1.82) is 0 Å². The number of aliphatic hydroxyl groups excluding tert-OH is 1. The number of ether oxygens (including phenoxy) is 2. The zero-order valence-electron chi connectivity index (χ0n) is 39.6. The van der Waals surface area contributed by atoms with Crippen molar-refractivity contribution in [3.05, 3.63) is 0 Å². The molecule has 0 fully saturated rings. The highest BCUT2D eigenvalue weighted by molar-refractivity contribution is 5.70. The number of carbonyl (C=O) groups is 2. The Morgan fingerprint density at radius 3 is 0.759 bits per heavy atom. The molecule has 0 saturated heterocycles. The van der Waals surface area contributed by atoms with E-state index in [4.69, 9.17) is 9.47 Å². The molecule has 0 heterocycles. The van der Waals surface area contributed by atoms with Crippen LogP contribution in [0.3, 0.4) is 0 Å². The second-order valence-electron chi connectivity index (χ2n) is 18.3. The van der Waals surface area contributed by atoms with Crippen LogP contribution in [-0.2, 0) is 19.1 Å². The first-order valence-electron chi connectivity index (χ1n) is 26.6. The first-order chi connectivity index (χ1) is 28.6. The fraction of sp³-hybridized carbons (Fsp3) is 0.962. The van der Waals surface area contributed by atoms with Gasteiger partial charge in [0, 0.05) is 12.8 Å². The highest BCUT2D eigenvalue weighted by atomic mass is 16.6. The Morgan fingerprint density at radius 2 is 0.534 bits per heavy atom. The van der Waals surface area contributed by atoms with Crippen molar-refractivity contribution in [3.8, 4) is 0 Å². The minimum Gasteiger partial charge on any atom is -0.462 e. The lowest BCUT2D eigenvalue weighted by molar-refractivity contribution is -0.161. The summed E-state index contributed by atoms with van der Waals surface area (Å²) in [6.45, 7) is 4.20. The number of esters is 2. The number of aliphatic hydroxyl groups is 1. The maximum atomic E-state index is 12.3. The van der Waals surface area contributed by atoms with E-state index in [0.29, 0.717) is 12.8 Å². The first kappa shape index (κ1) is 56.9. The molecule has 5 heteroatoms. The van der Waals surface area contributed by atoms with Gasteiger partial charge in [0.2, 0.25) is 0 Å². The average molecular weight is 821 g/mol. The molecule has 0 aromatic carbocycles. The third-order valence-electron chi connectivity index (χ3n) is 12.4. The van der Waals surface area contributed by atoms with Gasteiger partial charge in [-0.3, -0.25) is 9.59 Å². The van der Waals surface area contributed by atoms with Crippen LogP contribution >= 0.6 is 0 Å². The Hall–Kier alpha value is -1.10. The van der Waals surface area contributed by atoms with Gasteiger partial charge in [0.25, 0.3) is 0 Å². The van der Waals surface area contributed by atoms with Crippen molar-refractivity contribution < 1.29 is 24.2 Å². The molecular weight excluding hydrogens is 717 g/mol. The zero-order chi connectivity index (χ0) is 42.1. The van der Waals surface area contributed by atoms with E-state index in [1.165, 1.54) is 250 Å². The molecule has 1 N–H and O–H groups in total. The number of rotatable bonds is 50. The fourth-order valence-corrected chi connectivity index (χ4v) is 8.38. The van der Waals surface area contributed by atoms with Crippen LogP contribution in [0.25, 0.3) is 0 Å². The van der Waals surface area contributed by atoms with E-state index < -0.39 is 6.10 Å². The minimum atomic E-state index is -0.763. The SMILES string of the molecule is CCCCCCCCCCCCCCCCCCCCCCCCC(=O)OCC(CO)OC(=O)CCCCCCCCCCCCCCCCCCCCCCCC. The van der Waals surface area contributed by atoms with E-state index >= 15 is 0 Å². The van der Waals surface area contributed by atoms with Crippen molar-refractivity contribution in [3.63, 3.8) is 0 Å². The molecule has 0 saturated carbocycles. The largest absolute Gasteiger partial charge is 0.462 e. The molecule has 0 spiro atoms. The maximum absolute atomic E-state index is 12.3. The van der Waals surface area contributed by atoms with Crippen LogP contribution in [0.4, 0.5) is 0 Å². The van der Waals surface area contributed by atoms with Gasteiger partial charge in [-0.25, -0.2) is 0 Å². The molecule has 0 bridgehead atoms. The molecule has 0 aliphatic carbocycles. The quantitative estimate of drug-likeness (QED) is 0.0489. The van der Waals surface area contributed by atoms with Gasteiger partial charge in [-0.1, -0.05) is 284 Å². The van der Waals surface area contributed by atoms with Crippen molar-refractivity contribution in [2.45, 2.75) is 315 Å². The van der Waals surface area contributed by atoms with Crippen LogP contribution in [-0.4, -0.2) is 36.4 Å². The second-order valence-corrected chi connectivity index (χ2v) is 18.3. The predicted octanol–water partition coefficient (Wildman–Crippen LogP) is 17.4. The Kier molecular flexibility index (Phi) is 49.3. The number of carbonyl (C=O) groups excluding carboxylic acids is 2. The summed E-state index contributed by atoms with van der Waals surface area (Å²) in [6.07, 6.45) is 59.2. The lowest BCUT2D eigenvalue weighted by atomic mass is 10.0. The molecule has 58 heavy (non-hydrogen) atoms. The zero-order valence-corrected chi connectivity index (χ0v) is 39.6. The highest BCUT2D eigenvalue weighted by Gasteiger charge is 2.16. The maximum Gasteiger partial charge on any atom is 0.306 e. The van der Waals surface area contributed by atoms with Crippen LogP contribution in [0, 0.1) is 0 Å². The van der Waals surface area contributed by atoms with E-state index in [1.54, 1.807) is 0 Å². The summed E-state index contributed by atoms with van der Waals surface area (Å²) in [7, 11) is 0. The van der Waals surface area contributed by atoms with E-state index in [-0.39, 0.29) is 25.2 Å². The van der Waals surface area contributed by atoms with E-state index in [1.807, 2.05) is 0 Å². The Balaban J connectivity index is 3.41. The highest BCUT2D eigenvalue weighted by Crippen LogP contribution is 2.18. The number of unbranched alkanes of at least 4 members (excludes halogenated alkanes) is 42. The van der Waals surface area contributed by atoms with Gasteiger partial charge in [0.15, 0.2) is 6.10 Å². The molecular formula is C53H104O5. The lowest BCUT2D eigenvalue weighted by Crippen LogP contribution is -2.28. The average Bonchev–Trinajstić information content (AvgIpc) is 3.23. The molecule has 0 amide bonds. The lowest BCUT2D eigenvalue weighted by Gasteiger charge is -2.15. The molecule has 346 valence electrons. The summed E-state index contributed by atoms with van der Waals surface area (Å²) < 4.78 is 10.7. The molecule has 1 atom stereocenters. The summed E-state index contributed by atoms with van der Waals surface area (Å²) in [5.74, 6) is -0.565. The summed E-state index contributed by atoms with van der Waals surface area (Å²) in [5.41, 5.74) is 0. The van der Waals surface area contributed by atoms with Crippen molar-refractivity contribution >= 4 is 11.9 Å². The van der Waals surface area contributed by atoms with E-state index in [9.17, 15) is 14.7 Å². The van der Waals surface area contributed by atoms with E-state index in [2.05, 4.69) is 13.8 Å². The topological polar surface area (TPSA) is 72.8 Å². The normalized spacial score (nSPS) is 12.0. The molecule has 0 radical (unpaired) electrons. The molecule has 1 unspecified atom stereocenters. The molecule has 0 aliphatic rings. The van der Waals surface area contributed by atoms with Crippen LogP contribution < -0.4 is 0 Å². The predicted molar refractivity (Wildman–Crippen MR) is 252 cm³/mol. The van der Waals surface area contributed by atoms with Gasteiger partial charge >= 0.3 is 11.9 Å². The van der Waals surface area contributed by atoms with Gasteiger partial charge in [-0.15, -0.1) is 0 Å². The van der Waals surface area contributed by atoms with Gasteiger partial charge in [-0.2, -0.15) is 0 Å². The number of hydrogen-bond acceptors (Lipinski definition) is 5. The monoisotopic (exact) mass is 821 g/mol. The standard InChI is InChI=1S/C53H104O5/c1-3-5-7-9-11-13-15-17-19-21-23-25-27-29-31-33-35-37-39-41-43-45-47-52(55)57-50-51(49-54)58-53(56)48-46-44-42-40-38-36-34-32-30-28-26-24-22-20-18-16-14-12-10-8-6-4-2/h51,54H,3-50H2,1-2H3. The fourth-order valence-electron chi connectivity index (χ4n) is 8.38. The van der Waals surface area contributed by atoms with Crippen molar-refractivity contribution in [2.75, 3.05) is 13.2 Å². The van der Waals surface area contributed by atoms with Crippen molar-refractivity contribution in [1.82, 2.24) is 0 Å². The van der Waals surface area contributed by atoms with Gasteiger partial charge < -0.3 is 14.6 Å². The third-order valence-corrected chi connectivity index (χ3v) is 12.4. The van der Waals surface area contributed by atoms with E-state index in [0.717, 1.165) is 32.1 Å². The summed E-state index contributed by atoms with van der Waals surface area (Å²) in [4.78, 5) is 24.5. The van der Waals surface area contributed by atoms with Crippen LogP contribution in [0.15, 0.2) is 0 Å². The molecule has 0 aliphatic heterocycles. The van der Waals surface area contributed by atoms with Crippen LogP contribution in [0.1, 0.15) is 309 Å². The van der Waals surface area contributed by atoms with Gasteiger partial charge in [0.05, 0.1) is 6.61 Å². The number of hydrogen-bond donors (Lipinski definition) is 1. The Morgan fingerprint density at radius 1 is 0.328 bits per heavy atom. The molecule has 0 rings (SSSR count). The first-order valence-corrected chi connectivity index (χ1v) is 26.6. The Bertz CT molecular complexity index is 799. The van der Waals surface area contributed by atoms with Crippen LogP contribution in [0.2, 0.25) is 0 Å². The molecule has 5 nitrogen and oxygen atoms in total. The van der Waals surface area contributed by atoms with Crippen LogP contribution in [0.5, 0.6) is 0 Å². The summed E-state index contributed by atoms with van der Waals surface area (Å²) in [5, 5.41) is 9.63. The Labute approximate surface area is 363 Å². The second kappa shape index (κ2) is 50.3. The molecule has 0 aromatic rings.